The van der Waals surface area contributed by atoms with Crippen LogP contribution in [-0.4, -0.2) is 45.2 Å². The van der Waals surface area contributed by atoms with Gasteiger partial charge in [-0.05, 0) is 50.1 Å². The second-order valence-corrected chi connectivity index (χ2v) is 6.99. The van der Waals surface area contributed by atoms with Crippen molar-refractivity contribution in [3.63, 3.8) is 0 Å². The first-order valence-corrected chi connectivity index (χ1v) is 9.46. The van der Waals surface area contributed by atoms with E-state index in [1.807, 2.05) is 43.3 Å². The number of methoxy groups -OCH3 is 3. The van der Waals surface area contributed by atoms with Crippen LogP contribution in [0.4, 0.5) is 5.69 Å². The van der Waals surface area contributed by atoms with Crippen LogP contribution < -0.4 is 19.5 Å². The average Bonchev–Trinajstić information content (AvgIpc) is 3.15. The maximum Gasteiger partial charge on any atom is 0.238 e. The van der Waals surface area contributed by atoms with E-state index in [2.05, 4.69) is 10.2 Å². The van der Waals surface area contributed by atoms with Crippen LogP contribution in [0.15, 0.2) is 36.4 Å². The quantitative estimate of drug-likeness (QED) is 0.787. The van der Waals surface area contributed by atoms with Crippen molar-refractivity contribution in [1.29, 1.82) is 0 Å². The molecule has 3 rings (SSSR count). The summed E-state index contributed by atoms with van der Waals surface area (Å²) in [5, 5.41) is 2.99. The summed E-state index contributed by atoms with van der Waals surface area (Å²) in [7, 11) is 4.90. The van der Waals surface area contributed by atoms with E-state index in [1.54, 1.807) is 21.3 Å². The van der Waals surface area contributed by atoms with Crippen LogP contribution in [0.5, 0.6) is 17.2 Å². The maximum atomic E-state index is 12.7. The highest BCUT2D eigenvalue weighted by atomic mass is 16.5. The van der Waals surface area contributed by atoms with Crippen LogP contribution in [-0.2, 0) is 4.79 Å². The number of rotatable bonds is 7. The van der Waals surface area contributed by atoms with Gasteiger partial charge in [0.25, 0.3) is 0 Å². The standard InChI is InChI=1S/C22H28N2O4/c1-15-7-10-20(27-3)18(12-15)23-22(25)14-24-11-5-6-19(24)17-9-8-16(26-2)13-21(17)28-4/h7-10,12-13,19H,5-6,11,14H2,1-4H3,(H,23,25)/t19-/m0/s1. The minimum absolute atomic E-state index is 0.0525. The van der Waals surface area contributed by atoms with Crippen molar-refractivity contribution in [3.8, 4) is 17.2 Å². The number of amides is 1. The molecule has 0 unspecified atom stereocenters. The lowest BCUT2D eigenvalue weighted by Crippen LogP contribution is -2.33. The number of ether oxygens (including phenoxy) is 3. The molecular weight excluding hydrogens is 356 g/mol. The van der Waals surface area contributed by atoms with Crippen molar-refractivity contribution in [2.24, 2.45) is 0 Å². The molecule has 1 fully saturated rings. The molecule has 0 saturated carbocycles. The van der Waals surface area contributed by atoms with Crippen molar-refractivity contribution >= 4 is 11.6 Å². The summed E-state index contributed by atoms with van der Waals surface area (Å²) in [6, 6.07) is 11.8. The zero-order chi connectivity index (χ0) is 20.1. The zero-order valence-corrected chi connectivity index (χ0v) is 17.0. The Bertz CT molecular complexity index is 837. The predicted octanol–water partition coefficient (Wildman–Crippen LogP) is 3.80. The minimum Gasteiger partial charge on any atom is -0.497 e. The Hall–Kier alpha value is -2.73. The third-order valence-corrected chi connectivity index (χ3v) is 5.14. The van der Waals surface area contributed by atoms with Gasteiger partial charge < -0.3 is 19.5 Å². The SMILES string of the molecule is COc1ccc([C@@H]2CCCN2CC(=O)Nc2cc(C)ccc2OC)c(OC)c1. The second kappa shape index (κ2) is 8.97. The van der Waals surface area contributed by atoms with Crippen molar-refractivity contribution < 1.29 is 19.0 Å². The fraction of sp³-hybridized carbons (Fsp3) is 0.409. The Balaban J connectivity index is 1.74. The van der Waals surface area contributed by atoms with Crippen LogP contribution in [0.1, 0.15) is 30.0 Å². The highest BCUT2D eigenvalue weighted by Crippen LogP contribution is 2.38. The molecule has 0 aliphatic carbocycles. The third-order valence-electron chi connectivity index (χ3n) is 5.14. The Kier molecular flexibility index (Phi) is 6.41. The second-order valence-electron chi connectivity index (χ2n) is 6.99. The maximum absolute atomic E-state index is 12.7. The van der Waals surface area contributed by atoms with Crippen molar-refractivity contribution in [2.45, 2.75) is 25.8 Å². The van der Waals surface area contributed by atoms with Gasteiger partial charge in [-0.1, -0.05) is 12.1 Å². The summed E-state index contributed by atoms with van der Waals surface area (Å²) in [4.78, 5) is 14.9. The van der Waals surface area contributed by atoms with Gasteiger partial charge in [0, 0.05) is 17.7 Å². The summed E-state index contributed by atoms with van der Waals surface area (Å²) in [5.41, 5.74) is 2.85. The molecule has 1 aliphatic heterocycles. The Morgan fingerprint density at radius 2 is 1.86 bits per heavy atom. The van der Waals surface area contributed by atoms with E-state index in [1.165, 1.54) is 0 Å². The lowest BCUT2D eigenvalue weighted by molar-refractivity contribution is -0.117. The lowest BCUT2D eigenvalue weighted by Gasteiger charge is -2.26. The molecule has 1 atom stereocenters. The van der Waals surface area contributed by atoms with Gasteiger partial charge in [-0.2, -0.15) is 0 Å². The van der Waals surface area contributed by atoms with Gasteiger partial charge in [-0.15, -0.1) is 0 Å². The van der Waals surface area contributed by atoms with Crippen LogP contribution in [0.25, 0.3) is 0 Å². The first kappa shape index (κ1) is 20.0. The number of aryl methyl sites for hydroxylation is 1. The number of carbonyl (C=O) groups excluding carboxylic acids is 1. The molecule has 150 valence electrons. The van der Waals surface area contributed by atoms with Gasteiger partial charge in [0.15, 0.2) is 0 Å². The van der Waals surface area contributed by atoms with Gasteiger partial charge in [0.05, 0.1) is 33.6 Å². The monoisotopic (exact) mass is 384 g/mol. The summed E-state index contributed by atoms with van der Waals surface area (Å²) in [6.45, 7) is 3.18. The van der Waals surface area contributed by atoms with E-state index in [0.717, 1.165) is 42.0 Å². The minimum atomic E-state index is -0.0525. The molecule has 0 radical (unpaired) electrons. The number of nitrogens with zero attached hydrogens (tertiary/aromatic N) is 1. The molecular formula is C22H28N2O4. The van der Waals surface area contributed by atoms with Gasteiger partial charge in [0.1, 0.15) is 17.2 Å². The molecule has 1 N–H and O–H groups in total. The number of anilines is 1. The normalized spacial score (nSPS) is 16.6. The van der Waals surface area contributed by atoms with Crippen LogP contribution >= 0.6 is 0 Å². The highest BCUT2D eigenvalue weighted by molar-refractivity contribution is 5.93. The van der Waals surface area contributed by atoms with Crippen LogP contribution in [0.2, 0.25) is 0 Å². The largest absolute Gasteiger partial charge is 0.497 e. The smallest absolute Gasteiger partial charge is 0.238 e. The van der Waals surface area contributed by atoms with Gasteiger partial charge >= 0.3 is 0 Å². The van der Waals surface area contributed by atoms with Crippen molar-refractivity contribution in [1.82, 2.24) is 4.90 Å². The number of carbonyl (C=O) groups is 1. The molecule has 1 aliphatic rings. The van der Waals surface area contributed by atoms with Crippen LogP contribution in [0.3, 0.4) is 0 Å². The molecule has 1 saturated heterocycles. The zero-order valence-electron chi connectivity index (χ0n) is 17.0. The van der Waals surface area contributed by atoms with E-state index in [-0.39, 0.29) is 11.9 Å². The number of likely N-dealkylation sites (tertiary alicyclic amines) is 1. The Morgan fingerprint density at radius 1 is 1.07 bits per heavy atom. The fourth-order valence-corrected chi connectivity index (χ4v) is 3.76. The first-order chi connectivity index (χ1) is 13.5. The van der Waals surface area contributed by atoms with E-state index in [4.69, 9.17) is 14.2 Å². The molecule has 2 aromatic carbocycles. The Labute approximate surface area is 166 Å². The lowest BCUT2D eigenvalue weighted by atomic mass is 10.0. The van der Waals surface area contributed by atoms with Crippen molar-refractivity contribution in [3.05, 3.63) is 47.5 Å². The summed E-state index contributed by atoms with van der Waals surface area (Å²) in [5.74, 6) is 2.16. The van der Waals surface area contributed by atoms with Gasteiger partial charge in [-0.3, -0.25) is 9.69 Å². The third kappa shape index (κ3) is 4.39. The first-order valence-electron chi connectivity index (χ1n) is 9.46. The molecule has 1 amide bonds. The number of benzene rings is 2. The summed E-state index contributed by atoms with van der Waals surface area (Å²) in [6.07, 6.45) is 2.03. The fourth-order valence-electron chi connectivity index (χ4n) is 3.76. The molecule has 0 aromatic heterocycles. The molecule has 6 heteroatoms. The van der Waals surface area contributed by atoms with E-state index >= 15 is 0 Å². The average molecular weight is 384 g/mol. The molecule has 0 bridgehead atoms. The molecule has 2 aromatic rings. The van der Waals surface area contributed by atoms with E-state index in [9.17, 15) is 4.79 Å². The molecule has 28 heavy (non-hydrogen) atoms. The topological polar surface area (TPSA) is 60.0 Å². The number of nitrogens with one attached hydrogen (secondary N) is 1. The van der Waals surface area contributed by atoms with Gasteiger partial charge in [-0.25, -0.2) is 0 Å². The Morgan fingerprint density at radius 3 is 2.57 bits per heavy atom. The van der Waals surface area contributed by atoms with Gasteiger partial charge in [0.2, 0.25) is 5.91 Å². The molecule has 1 heterocycles. The number of hydrogen-bond donors (Lipinski definition) is 1. The molecule has 6 nitrogen and oxygen atoms in total. The summed E-state index contributed by atoms with van der Waals surface area (Å²) < 4.78 is 16.2. The molecule has 0 spiro atoms. The van der Waals surface area contributed by atoms with E-state index in [0.29, 0.717) is 18.0 Å². The summed E-state index contributed by atoms with van der Waals surface area (Å²) >= 11 is 0. The predicted molar refractivity (Wildman–Crippen MR) is 109 cm³/mol. The van der Waals surface area contributed by atoms with Crippen molar-refractivity contribution in [2.75, 3.05) is 39.7 Å². The number of hydrogen-bond acceptors (Lipinski definition) is 5. The van der Waals surface area contributed by atoms with Crippen LogP contribution in [0, 0.1) is 6.92 Å². The van der Waals surface area contributed by atoms with E-state index < -0.39 is 0 Å². The highest BCUT2D eigenvalue weighted by Gasteiger charge is 2.30.